The molecule has 0 amide bonds. The van der Waals surface area contributed by atoms with Crippen molar-refractivity contribution in [3.05, 3.63) is 154 Å². The van der Waals surface area contributed by atoms with Gasteiger partial charge in [0, 0.05) is 27.7 Å². The topological polar surface area (TPSA) is 72.3 Å². The van der Waals surface area contributed by atoms with Gasteiger partial charge in [0.2, 0.25) is 12.4 Å². The van der Waals surface area contributed by atoms with Crippen molar-refractivity contribution < 1.29 is 26.3 Å². The average molecular weight is 735 g/mol. The van der Waals surface area contributed by atoms with Gasteiger partial charge in [0.1, 0.15) is 0 Å². The number of hydrogen-bond donors (Lipinski definition) is 0. The van der Waals surface area contributed by atoms with E-state index in [4.69, 9.17) is 0 Å². The molecule has 0 N–H and O–H groups in total. The molecule has 0 saturated heterocycles. The first-order chi connectivity index (χ1) is 26.2. The molecule has 6 aromatic rings. The first kappa shape index (κ1) is 34.0. The minimum Gasteiger partial charge on any atom is -0.172 e. The summed E-state index contributed by atoms with van der Waals surface area (Å²) in [5, 5.41) is 19.6. The Morgan fingerprint density at radius 2 is 0.764 bits per heavy atom. The lowest BCUT2D eigenvalue weighted by Gasteiger charge is -2.23. The molecule has 0 radical (unpaired) electrons. The summed E-state index contributed by atoms with van der Waals surface area (Å²) in [6.07, 6.45) is -5.03. The van der Waals surface area contributed by atoms with Crippen LogP contribution in [-0.2, 0) is 17.8 Å². The van der Waals surface area contributed by atoms with Crippen molar-refractivity contribution in [3.63, 3.8) is 0 Å². The van der Waals surface area contributed by atoms with Gasteiger partial charge in [-0.1, -0.05) is 62.4 Å². The van der Waals surface area contributed by atoms with Crippen LogP contribution in [0.2, 0.25) is 0 Å². The normalized spacial score (nSPS) is 15.8. The van der Waals surface area contributed by atoms with Crippen molar-refractivity contribution in [1.29, 1.82) is 10.5 Å². The van der Waals surface area contributed by atoms with Crippen LogP contribution >= 0.6 is 0 Å². The summed E-state index contributed by atoms with van der Waals surface area (Å²) in [4.78, 5) is 8.48. The van der Waals surface area contributed by atoms with Gasteiger partial charge in [-0.3, -0.25) is 0 Å². The summed E-state index contributed by atoms with van der Waals surface area (Å²) >= 11 is 0. The molecule has 9 rings (SSSR count). The second-order valence-electron chi connectivity index (χ2n) is 14.3. The summed E-state index contributed by atoms with van der Waals surface area (Å²) in [7, 11) is 0. The van der Waals surface area contributed by atoms with Crippen molar-refractivity contribution in [1.82, 2.24) is 0 Å². The number of hydrogen-bond acceptors (Lipinski definition) is 4. The van der Waals surface area contributed by atoms with E-state index in [-0.39, 0.29) is 0 Å². The predicted octanol–water partition coefficient (Wildman–Crippen LogP) is 12.0. The van der Waals surface area contributed by atoms with Crippen molar-refractivity contribution in [3.8, 4) is 68.0 Å². The van der Waals surface area contributed by atoms with E-state index in [1.807, 2.05) is 60.9 Å². The Balaban J connectivity index is 1.14. The molecule has 6 aromatic carbocycles. The van der Waals surface area contributed by atoms with E-state index in [9.17, 15) is 36.9 Å². The maximum absolute atomic E-state index is 13.2. The Hall–Kier alpha value is -6.78. The highest BCUT2D eigenvalue weighted by Crippen LogP contribution is 2.55. The van der Waals surface area contributed by atoms with Crippen LogP contribution in [0.25, 0.3) is 55.6 Å². The summed E-state index contributed by atoms with van der Waals surface area (Å²) < 4.78 is 79.4. The zero-order chi connectivity index (χ0) is 38.6. The van der Waals surface area contributed by atoms with Crippen molar-refractivity contribution >= 4 is 11.4 Å². The number of benzene rings is 6. The fourth-order valence-corrected chi connectivity index (χ4v) is 8.31. The van der Waals surface area contributed by atoms with Gasteiger partial charge in [0.05, 0.1) is 22.6 Å². The van der Waals surface area contributed by atoms with Crippen molar-refractivity contribution in [2.24, 2.45) is 9.98 Å². The minimum absolute atomic E-state index is 0.464. The highest BCUT2D eigenvalue weighted by molar-refractivity contribution is 6.27. The van der Waals surface area contributed by atoms with Crippen LogP contribution < -0.4 is 0 Å². The zero-order valence-corrected chi connectivity index (χ0v) is 28.9. The van der Waals surface area contributed by atoms with E-state index in [0.29, 0.717) is 44.8 Å². The van der Waals surface area contributed by atoms with Crippen LogP contribution in [0.1, 0.15) is 58.4 Å². The number of aliphatic imine (C=N–C) groups is 2. The molecule has 55 heavy (non-hydrogen) atoms. The maximum atomic E-state index is 13.2. The average Bonchev–Trinajstić information content (AvgIpc) is 3.71. The van der Waals surface area contributed by atoms with E-state index in [0.717, 1.165) is 79.9 Å². The van der Waals surface area contributed by atoms with Gasteiger partial charge in [-0.05, 0) is 127 Å². The molecule has 0 unspecified atom stereocenters. The lowest BCUT2D eigenvalue weighted by molar-refractivity contribution is -0.138. The van der Waals surface area contributed by atoms with Crippen LogP contribution in [0.4, 0.5) is 26.3 Å². The number of nitrogens with zero attached hydrogens (tertiary/aromatic N) is 4. The molecule has 3 aliphatic rings. The molecular weight excluding hydrogens is 711 g/mol. The largest absolute Gasteiger partial charge is 0.416 e. The predicted molar refractivity (Wildman–Crippen MR) is 198 cm³/mol. The van der Waals surface area contributed by atoms with Gasteiger partial charge in [0.25, 0.3) is 0 Å². The zero-order valence-electron chi connectivity index (χ0n) is 28.9. The van der Waals surface area contributed by atoms with E-state index in [1.165, 1.54) is 24.3 Å². The molecule has 0 spiro atoms. The maximum Gasteiger partial charge on any atom is 0.416 e. The Labute approximate surface area is 311 Å². The third kappa shape index (κ3) is 5.13. The molecule has 0 fully saturated rings. The number of fused-ring (bicyclic) bond motifs is 9. The van der Waals surface area contributed by atoms with Crippen molar-refractivity contribution in [2.75, 3.05) is 0 Å². The molecule has 0 aliphatic heterocycles. The quantitative estimate of drug-likeness (QED) is 0.131. The Bertz CT molecular complexity index is 2620. The molecule has 0 atom stereocenters. The molecule has 3 aliphatic carbocycles. The van der Waals surface area contributed by atoms with Gasteiger partial charge < -0.3 is 0 Å². The fraction of sp³-hybridized carbons (Fsp3) is 0.111. The lowest BCUT2D eigenvalue weighted by Crippen LogP contribution is -2.15. The second kappa shape index (κ2) is 11.6. The number of nitriles is 2. The third-order valence-corrected chi connectivity index (χ3v) is 11.0. The van der Waals surface area contributed by atoms with Crippen molar-refractivity contribution in [2.45, 2.75) is 31.6 Å². The standard InChI is InChI=1S/C45H24F6N4/c1-43(2)39-19-31-29-13-7-25(23-3-9-27(10-4-23)44(46,47)48)15-35(29)41(54-21-52)37(31)17-33(39)34-18-38-32(20-40(34)43)30-14-8-26(16-36(30)42(38)55-22-53)24-5-11-28(12-6-24)45(49,50)51/h3-20H,1-2H3/b54-41-,55-42-. The van der Waals surface area contributed by atoms with E-state index < -0.39 is 28.9 Å². The SMILES string of the molecule is CC1(C)c2cc3c(cc2-c2cc4c(cc21)-c1ccc(-c2ccc(C(F)(F)F)cc2)cc1/C4=N/C#N)/C(=N\C#N)c1cc(-c2ccc(C(F)(F)F)cc2)ccc1-3. The van der Waals surface area contributed by atoms with Crippen LogP contribution in [0.5, 0.6) is 0 Å². The number of rotatable bonds is 2. The highest BCUT2D eigenvalue weighted by Gasteiger charge is 2.41. The van der Waals surface area contributed by atoms with Crippen LogP contribution in [0.15, 0.2) is 119 Å². The van der Waals surface area contributed by atoms with Gasteiger partial charge in [0.15, 0.2) is 0 Å². The first-order valence-corrected chi connectivity index (χ1v) is 17.2. The van der Waals surface area contributed by atoms with Gasteiger partial charge in [-0.25, -0.2) is 0 Å². The number of halogens is 6. The molecule has 0 saturated carbocycles. The lowest BCUT2D eigenvalue weighted by atomic mass is 9.80. The summed E-state index contributed by atoms with van der Waals surface area (Å²) in [5.41, 5.74) is 11.9. The Morgan fingerprint density at radius 1 is 0.418 bits per heavy atom. The summed E-state index contributed by atoms with van der Waals surface area (Å²) in [6.45, 7) is 4.27. The van der Waals surface area contributed by atoms with Gasteiger partial charge in [-0.2, -0.15) is 46.9 Å². The third-order valence-electron chi connectivity index (χ3n) is 11.0. The summed E-state index contributed by atoms with van der Waals surface area (Å²) in [5.74, 6) is 0. The highest BCUT2D eigenvalue weighted by atomic mass is 19.4. The van der Waals surface area contributed by atoms with Crippen LogP contribution in [0.3, 0.4) is 0 Å². The second-order valence-corrected chi connectivity index (χ2v) is 14.3. The summed E-state index contributed by atoms with van der Waals surface area (Å²) in [6, 6.07) is 29.5. The van der Waals surface area contributed by atoms with E-state index in [1.54, 1.807) is 0 Å². The smallest absolute Gasteiger partial charge is 0.172 e. The molecule has 0 bridgehead atoms. The Morgan fingerprint density at radius 3 is 1.11 bits per heavy atom. The van der Waals surface area contributed by atoms with E-state index in [2.05, 4.69) is 36.0 Å². The minimum atomic E-state index is -4.45. The van der Waals surface area contributed by atoms with Gasteiger partial charge in [-0.15, -0.1) is 0 Å². The Kier molecular flexibility index (Phi) is 7.18. The molecule has 0 aromatic heterocycles. The molecule has 0 heterocycles. The van der Waals surface area contributed by atoms with Crippen LogP contribution in [-0.4, -0.2) is 11.4 Å². The van der Waals surface area contributed by atoms with Crippen LogP contribution in [0, 0.1) is 22.9 Å². The number of alkyl halides is 6. The first-order valence-electron chi connectivity index (χ1n) is 17.2. The van der Waals surface area contributed by atoms with E-state index >= 15 is 0 Å². The van der Waals surface area contributed by atoms with Gasteiger partial charge >= 0.3 is 12.4 Å². The molecule has 4 nitrogen and oxygen atoms in total. The monoisotopic (exact) mass is 734 g/mol. The molecule has 10 heteroatoms. The fourth-order valence-electron chi connectivity index (χ4n) is 8.31. The molecule has 266 valence electrons. The molecular formula is C45H24F6N4.